The molecule has 1 nitrogen and oxygen atoms in total. The van der Waals surface area contributed by atoms with Gasteiger partial charge in [-0.1, -0.05) is 26.0 Å². The average molecular weight is 196 g/mol. The Morgan fingerprint density at radius 3 is 2.21 bits per heavy atom. The number of benzene rings is 1. The van der Waals surface area contributed by atoms with E-state index in [1.54, 1.807) is 19.9 Å². The van der Waals surface area contributed by atoms with Gasteiger partial charge in [-0.3, -0.25) is 0 Å². The van der Waals surface area contributed by atoms with Crippen LogP contribution in [0.25, 0.3) is 0 Å². The van der Waals surface area contributed by atoms with Gasteiger partial charge in [0.25, 0.3) is 0 Å². The molecule has 1 rings (SSSR count). The minimum Gasteiger partial charge on any atom is -0.386 e. The molecule has 0 radical (unpaired) electrons. The van der Waals surface area contributed by atoms with Gasteiger partial charge in [0.15, 0.2) is 0 Å². The van der Waals surface area contributed by atoms with Crippen LogP contribution in [0.1, 0.15) is 44.7 Å². The Labute approximate surface area is 84.6 Å². The number of hydrogen-bond donors (Lipinski definition) is 1. The van der Waals surface area contributed by atoms with E-state index in [9.17, 15) is 9.50 Å². The van der Waals surface area contributed by atoms with Crippen molar-refractivity contribution in [2.45, 2.75) is 39.2 Å². The molecule has 2 heteroatoms. The zero-order valence-corrected chi connectivity index (χ0v) is 9.13. The van der Waals surface area contributed by atoms with Crippen LogP contribution in [0.3, 0.4) is 0 Å². The number of hydrogen-bond acceptors (Lipinski definition) is 1. The first-order valence-corrected chi connectivity index (χ1v) is 4.84. The van der Waals surface area contributed by atoms with Gasteiger partial charge < -0.3 is 5.11 Å². The average Bonchev–Trinajstić information content (AvgIpc) is 2.01. The molecular weight excluding hydrogens is 179 g/mol. The molecule has 0 fully saturated rings. The molecule has 0 aliphatic heterocycles. The van der Waals surface area contributed by atoms with Gasteiger partial charge in [0, 0.05) is 5.56 Å². The number of halogens is 1. The Morgan fingerprint density at radius 2 is 1.86 bits per heavy atom. The largest absolute Gasteiger partial charge is 0.386 e. The summed E-state index contributed by atoms with van der Waals surface area (Å²) in [7, 11) is 0. The molecule has 1 aromatic rings. The molecule has 1 N–H and O–H groups in total. The summed E-state index contributed by atoms with van der Waals surface area (Å²) in [5, 5.41) is 9.66. The van der Waals surface area contributed by atoms with Crippen LogP contribution in [-0.2, 0) is 5.60 Å². The number of aliphatic hydroxyl groups is 1. The van der Waals surface area contributed by atoms with Crippen LogP contribution in [0.5, 0.6) is 0 Å². The van der Waals surface area contributed by atoms with Gasteiger partial charge in [0.2, 0.25) is 0 Å². The highest BCUT2D eigenvalue weighted by Crippen LogP contribution is 2.25. The second-order valence-corrected chi connectivity index (χ2v) is 4.45. The van der Waals surface area contributed by atoms with Gasteiger partial charge >= 0.3 is 0 Å². The maximum Gasteiger partial charge on any atom is 0.129 e. The van der Waals surface area contributed by atoms with Crippen molar-refractivity contribution in [3.63, 3.8) is 0 Å². The summed E-state index contributed by atoms with van der Waals surface area (Å²) in [4.78, 5) is 0. The molecule has 0 unspecified atom stereocenters. The van der Waals surface area contributed by atoms with Gasteiger partial charge in [0.1, 0.15) is 5.82 Å². The molecule has 0 aliphatic rings. The maximum absolute atomic E-state index is 13.5. The van der Waals surface area contributed by atoms with Gasteiger partial charge in [-0.25, -0.2) is 4.39 Å². The smallest absolute Gasteiger partial charge is 0.129 e. The minimum absolute atomic E-state index is 0.306. The lowest BCUT2D eigenvalue weighted by molar-refractivity contribution is 0.0745. The summed E-state index contributed by atoms with van der Waals surface area (Å²) in [5.74, 6) is -0.0240. The lowest BCUT2D eigenvalue weighted by atomic mass is 9.94. The Balaban J connectivity index is 3.15. The van der Waals surface area contributed by atoms with Crippen LogP contribution in [0.15, 0.2) is 18.2 Å². The maximum atomic E-state index is 13.5. The Hall–Kier alpha value is -0.890. The summed E-state index contributed by atoms with van der Waals surface area (Å²) in [5.41, 5.74) is 0.192. The third-order valence-corrected chi connectivity index (χ3v) is 2.32. The van der Waals surface area contributed by atoms with Crippen LogP contribution in [-0.4, -0.2) is 5.11 Å². The fourth-order valence-electron chi connectivity index (χ4n) is 1.39. The quantitative estimate of drug-likeness (QED) is 0.770. The summed E-state index contributed by atoms with van der Waals surface area (Å²) >= 11 is 0. The molecular formula is C12H17FO. The van der Waals surface area contributed by atoms with E-state index in [1.807, 2.05) is 19.9 Å². The van der Waals surface area contributed by atoms with E-state index in [0.29, 0.717) is 11.5 Å². The van der Waals surface area contributed by atoms with Crippen LogP contribution < -0.4 is 0 Å². The van der Waals surface area contributed by atoms with E-state index < -0.39 is 5.60 Å². The molecule has 0 saturated carbocycles. The van der Waals surface area contributed by atoms with E-state index in [2.05, 4.69) is 0 Å². The van der Waals surface area contributed by atoms with Gasteiger partial charge in [-0.05, 0) is 31.4 Å². The van der Waals surface area contributed by atoms with Crippen molar-refractivity contribution in [1.29, 1.82) is 0 Å². The second-order valence-electron chi connectivity index (χ2n) is 4.45. The van der Waals surface area contributed by atoms with Crippen molar-refractivity contribution in [3.05, 3.63) is 35.1 Å². The third-order valence-electron chi connectivity index (χ3n) is 2.32. The predicted molar refractivity (Wildman–Crippen MR) is 55.7 cm³/mol. The van der Waals surface area contributed by atoms with E-state index >= 15 is 0 Å². The molecule has 0 spiro atoms. The zero-order chi connectivity index (χ0) is 10.9. The highest BCUT2D eigenvalue weighted by atomic mass is 19.1. The summed E-state index contributed by atoms with van der Waals surface area (Å²) in [6.45, 7) is 7.19. The molecule has 78 valence electrons. The fraction of sp³-hybridized carbons (Fsp3) is 0.500. The highest BCUT2D eigenvalue weighted by Gasteiger charge is 2.20. The van der Waals surface area contributed by atoms with Gasteiger partial charge in [0.05, 0.1) is 5.60 Å². The van der Waals surface area contributed by atoms with Crippen molar-refractivity contribution in [2.24, 2.45) is 0 Å². The molecule has 0 atom stereocenters. The first-order valence-electron chi connectivity index (χ1n) is 4.84. The van der Waals surface area contributed by atoms with Crippen molar-refractivity contribution in [3.8, 4) is 0 Å². The minimum atomic E-state index is -1.11. The Morgan fingerprint density at radius 1 is 1.29 bits per heavy atom. The van der Waals surface area contributed by atoms with E-state index in [0.717, 1.165) is 5.56 Å². The second kappa shape index (κ2) is 3.70. The topological polar surface area (TPSA) is 20.2 Å². The van der Waals surface area contributed by atoms with Crippen LogP contribution in [0.4, 0.5) is 4.39 Å². The monoisotopic (exact) mass is 196 g/mol. The van der Waals surface area contributed by atoms with Crippen LogP contribution in [0, 0.1) is 5.82 Å². The fourth-order valence-corrected chi connectivity index (χ4v) is 1.39. The zero-order valence-electron chi connectivity index (χ0n) is 9.13. The molecule has 0 amide bonds. The van der Waals surface area contributed by atoms with E-state index in [1.165, 1.54) is 6.07 Å². The number of rotatable bonds is 2. The summed E-state index contributed by atoms with van der Waals surface area (Å²) < 4.78 is 13.5. The first kappa shape index (κ1) is 11.2. The first-order chi connectivity index (χ1) is 6.32. The Kier molecular flexibility index (Phi) is 2.95. The summed E-state index contributed by atoms with van der Waals surface area (Å²) in [6, 6.07) is 5.02. The summed E-state index contributed by atoms with van der Waals surface area (Å²) in [6.07, 6.45) is 0. The molecule has 0 bridgehead atoms. The highest BCUT2D eigenvalue weighted by molar-refractivity contribution is 5.29. The van der Waals surface area contributed by atoms with Crippen LogP contribution >= 0.6 is 0 Å². The van der Waals surface area contributed by atoms with Crippen LogP contribution in [0.2, 0.25) is 0 Å². The van der Waals surface area contributed by atoms with Crippen molar-refractivity contribution in [1.82, 2.24) is 0 Å². The normalized spacial score (nSPS) is 12.2. The molecule has 14 heavy (non-hydrogen) atoms. The van der Waals surface area contributed by atoms with Gasteiger partial charge in [-0.15, -0.1) is 0 Å². The van der Waals surface area contributed by atoms with Gasteiger partial charge in [-0.2, -0.15) is 0 Å². The SMILES string of the molecule is CC(C)c1ccc(C(C)(C)O)c(F)c1. The van der Waals surface area contributed by atoms with E-state index in [-0.39, 0.29) is 5.82 Å². The molecule has 0 aliphatic carbocycles. The van der Waals surface area contributed by atoms with Crippen molar-refractivity contribution < 1.29 is 9.50 Å². The van der Waals surface area contributed by atoms with Crippen molar-refractivity contribution >= 4 is 0 Å². The molecule has 1 aromatic carbocycles. The standard InChI is InChI=1S/C12H17FO/c1-8(2)9-5-6-10(11(13)7-9)12(3,4)14/h5-8,14H,1-4H3. The van der Waals surface area contributed by atoms with E-state index in [4.69, 9.17) is 0 Å². The molecule has 0 aromatic heterocycles. The lowest BCUT2D eigenvalue weighted by Gasteiger charge is -2.19. The Bertz CT molecular complexity index is 324. The lowest BCUT2D eigenvalue weighted by Crippen LogP contribution is -2.17. The van der Waals surface area contributed by atoms with Crippen molar-refractivity contribution in [2.75, 3.05) is 0 Å². The molecule has 0 saturated heterocycles. The third kappa shape index (κ3) is 2.32. The predicted octanol–water partition coefficient (Wildman–Crippen LogP) is 3.18. The molecule has 0 heterocycles.